The first kappa shape index (κ1) is 29.9. The van der Waals surface area contributed by atoms with E-state index in [1.54, 1.807) is 76.6 Å². The van der Waals surface area contributed by atoms with Crippen LogP contribution in [0.4, 0.5) is 10.6 Å². The Kier molecular flexibility index (Phi) is 9.36. The summed E-state index contributed by atoms with van der Waals surface area (Å²) >= 11 is 0. The zero-order valence-electron chi connectivity index (χ0n) is 23.7. The highest BCUT2D eigenvalue weighted by molar-refractivity contribution is 6.01. The first-order chi connectivity index (χ1) is 18.7. The van der Waals surface area contributed by atoms with Gasteiger partial charge in [0, 0.05) is 18.3 Å². The minimum absolute atomic E-state index is 0.0149. The zero-order chi connectivity index (χ0) is 29.5. The summed E-state index contributed by atoms with van der Waals surface area (Å²) in [4.78, 5) is 52.1. The first-order valence-corrected chi connectivity index (χ1v) is 12.9. The van der Waals surface area contributed by atoms with Crippen molar-refractivity contribution in [3.63, 3.8) is 0 Å². The number of nitrogens with zero attached hydrogens (tertiary/aromatic N) is 1. The minimum atomic E-state index is -0.816. The molecule has 40 heavy (non-hydrogen) atoms. The second kappa shape index (κ2) is 12.5. The Labute approximate surface area is 233 Å². The number of pyridine rings is 1. The normalized spacial score (nSPS) is 11.3. The molecule has 1 heterocycles. The van der Waals surface area contributed by atoms with Gasteiger partial charge in [0.15, 0.2) is 0 Å². The number of rotatable bonds is 8. The fraction of sp³-hybridized carbons (Fsp3) is 0.333. The largest absolute Gasteiger partial charge is 0.459 e. The maximum Gasteiger partial charge on any atom is 0.426 e. The lowest BCUT2D eigenvalue weighted by Crippen LogP contribution is -2.40. The molecule has 10 nitrogen and oxygen atoms in total. The molecule has 0 unspecified atom stereocenters. The summed E-state index contributed by atoms with van der Waals surface area (Å²) in [5, 5.41) is 2.49. The second-order valence-corrected chi connectivity index (χ2v) is 11.1. The third kappa shape index (κ3) is 8.72. The molecule has 0 saturated heterocycles. The van der Waals surface area contributed by atoms with Crippen molar-refractivity contribution in [2.75, 3.05) is 12.0 Å². The van der Waals surface area contributed by atoms with Crippen LogP contribution < -0.4 is 21.6 Å². The molecule has 3 N–H and O–H groups in total. The molecule has 0 aliphatic rings. The Morgan fingerprint density at radius 1 is 0.825 bits per heavy atom. The molecule has 0 atom stereocenters. The molecule has 0 bridgehead atoms. The van der Waals surface area contributed by atoms with Gasteiger partial charge in [-0.25, -0.2) is 10.2 Å². The van der Waals surface area contributed by atoms with Gasteiger partial charge < -0.3 is 19.4 Å². The summed E-state index contributed by atoms with van der Waals surface area (Å²) < 4.78 is 12.2. The lowest BCUT2D eigenvalue weighted by molar-refractivity contribution is -0.153. The quantitative estimate of drug-likeness (QED) is 0.280. The van der Waals surface area contributed by atoms with Crippen LogP contribution in [0.2, 0.25) is 0 Å². The van der Waals surface area contributed by atoms with Crippen LogP contribution in [0, 0.1) is 0 Å². The molecule has 3 rings (SSSR count). The number of carbonyl (C=O) groups is 3. The van der Waals surface area contributed by atoms with E-state index in [9.17, 15) is 19.2 Å². The number of nitrogens with one attached hydrogen (secondary N) is 3. The SMILES string of the molecule is CC(C)(C)OC(=O)CNC(=O)c1c(NNC(=O)OC(C)(C)C)n(Cc2ccccc2)cc(-c2ccccc2)c1=O. The molecule has 0 saturated carbocycles. The van der Waals surface area contributed by atoms with Crippen LogP contribution >= 0.6 is 0 Å². The van der Waals surface area contributed by atoms with Gasteiger partial charge in [0.25, 0.3) is 5.91 Å². The van der Waals surface area contributed by atoms with Crippen LogP contribution in [-0.4, -0.2) is 40.3 Å². The Morgan fingerprint density at radius 2 is 1.40 bits per heavy atom. The fourth-order valence-corrected chi connectivity index (χ4v) is 3.77. The van der Waals surface area contributed by atoms with Crippen molar-refractivity contribution in [3.8, 4) is 11.1 Å². The Hall–Kier alpha value is -4.60. The van der Waals surface area contributed by atoms with Crippen molar-refractivity contribution in [1.82, 2.24) is 15.3 Å². The van der Waals surface area contributed by atoms with E-state index < -0.39 is 41.1 Å². The Balaban J connectivity index is 2.11. The predicted molar refractivity (Wildman–Crippen MR) is 153 cm³/mol. The number of ether oxygens (including phenoxy) is 2. The predicted octanol–water partition coefficient (Wildman–Crippen LogP) is 4.49. The van der Waals surface area contributed by atoms with Crippen LogP contribution in [0.1, 0.15) is 57.5 Å². The summed E-state index contributed by atoms with van der Waals surface area (Å²) in [6.45, 7) is 10.1. The van der Waals surface area contributed by atoms with E-state index in [0.29, 0.717) is 5.56 Å². The molecule has 2 aromatic carbocycles. The highest BCUT2D eigenvalue weighted by atomic mass is 16.6. The van der Waals surface area contributed by atoms with Crippen molar-refractivity contribution in [2.45, 2.75) is 59.3 Å². The number of hydrogen-bond donors (Lipinski definition) is 3. The first-order valence-electron chi connectivity index (χ1n) is 12.9. The molecular formula is C30H36N4O6. The number of benzene rings is 2. The van der Waals surface area contributed by atoms with Gasteiger partial charge in [-0.05, 0) is 52.7 Å². The van der Waals surface area contributed by atoms with E-state index in [1.807, 2.05) is 36.4 Å². The summed E-state index contributed by atoms with van der Waals surface area (Å²) in [6.07, 6.45) is 0.812. The third-order valence-electron chi connectivity index (χ3n) is 5.28. The standard InChI is InChI=1S/C30H36N4O6/c1-29(2,3)39-23(35)17-31-27(37)24-25(36)22(21-15-11-8-12-16-21)19-34(18-20-13-9-7-10-14-20)26(24)32-33-28(38)40-30(4,5)6/h7-16,19,32H,17-18H2,1-6H3,(H,31,37)(H,33,38). The molecule has 0 spiro atoms. The van der Waals surface area contributed by atoms with Crippen molar-refractivity contribution >= 4 is 23.8 Å². The number of amides is 2. The minimum Gasteiger partial charge on any atom is -0.459 e. The van der Waals surface area contributed by atoms with Gasteiger partial charge in [0.2, 0.25) is 5.43 Å². The molecule has 0 fully saturated rings. The highest BCUT2D eigenvalue weighted by Crippen LogP contribution is 2.22. The van der Waals surface area contributed by atoms with Crippen molar-refractivity contribution in [2.24, 2.45) is 0 Å². The molecule has 0 aliphatic carbocycles. The van der Waals surface area contributed by atoms with Crippen molar-refractivity contribution < 1.29 is 23.9 Å². The molecule has 10 heteroatoms. The van der Waals surface area contributed by atoms with Gasteiger partial charge >= 0.3 is 12.1 Å². The van der Waals surface area contributed by atoms with E-state index in [1.165, 1.54) is 0 Å². The van der Waals surface area contributed by atoms with Gasteiger partial charge in [-0.1, -0.05) is 60.7 Å². The van der Waals surface area contributed by atoms with E-state index in [4.69, 9.17) is 9.47 Å². The Bertz CT molecular complexity index is 1400. The lowest BCUT2D eigenvalue weighted by atomic mass is 10.0. The van der Waals surface area contributed by atoms with E-state index in [0.717, 1.165) is 5.56 Å². The molecule has 0 aliphatic heterocycles. The average molecular weight is 549 g/mol. The lowest BCUT2D eigenvalue weighted by Gasteiger charge is -2.23. The molecular weight excluding hydrogens is 512 g/mol. The van der Waals surface area contributed by atoms with E-state index in [-0.39, 0.29) is 23.5 Å². The third-order valence-corrected chi connectivity index (χ3v) is 5.28. The molecule has 3 aromatic rings. The number of hydrazine groups is 1. The summed E-state index contributed by atoms with van der Waals surface area (Å²) in [5.74, 6) is -1.46. The van der Waals surface area contributed by atoms with E-state index >= 15 is 0 Å². The van der Waals surface area contributed by atoms with Gasteiger partial charge in [-0.15, -0.1) is 0 Å². The Morgan fingerprint density at radius 3 is 1.98 bits per heavy atom. The smallest absolute Gasteiger partial charge is 0.426 e. The number of hydrogen-bond acceptors (Lipinski definition) is 7. The van der Waals surface area contributed by atoms with Crippen LogP contribution in [0.25, 0.3) is 11.1 Å². The van der Waals surface area contributed by atoms with Crippen molar-refractivity contribution in [3.05, 3.63) is 88.2 Å². The number of esters is 1. The fourth-order valence-electron chi connectivity index (χ4n) is 3.77. The summed E-state index contributed by atoms with van der Waals surface area (Å²) in [7, 11) is 0. The van der Waals surface area contributed by atoms with Crippen molar-refractivity contribution in [1.29, 1.82) is 0 Å². The molecule has 0 radical (unpaired) electrons. The monoisotopic (exact) mass is 548 g/mol. The topological polar surface area (TPSA) is 128 Å². The zero-order valence-corrected chi connectivity index (χ0v) is 23.7. The van der Waals surface area contributed by atoms with Gasteiger partial charge in [0.05, 0.1) is 0 Å². The summed E-state index contributed by atoms with van der Waals surface area (Å²) in [5.41, 5.74) is 4.46. The maximum absolute atomic E-state index is 13.8. The van der Waals surface area contributed by atoms with Gasteiger partial charge in [0.1, 0.15) is 29.1 Å². The van der Waals surface area contributed by atoms with Gasteiger partial charge in [-0.3, -0.25) is 19.8 Å². The number of anilines is 1. The average Bonchev–Trinajstić information content (AvgIpc) is 2.86. The van der Waals surface area contributed by atoms with Crippen LogP contribution in [-0.2, 0) is 20.8 Å². The molecule has 2 amide bonds. The summed E-state index contributed by atoms with van der Waals surface area (Å²) in [6, 6.07) is 18.3. The van der Waals surface area contributed by atoms with E-state index in [2.05, 4.69) is 16.2 Å². The second-order valence-electron chi connectivity index (χ2n) is 11.1. The number of carbonyl (C=O) groups excluding carboxylic acids is 3. The maximum atomic E-state index is 13.8. The number of aromatic nitrogens is 1. The van der Waals surface area contributed by atoms with Crippen LogP contribution in [0.3, 0.4) is 0 Å². The molecule has 1 aromatic heterocycles. The molecule has 212 valence electrons. The highest BCUT2D eigenvalue weighted by Gasteiger charge is 2.25. The van der Waals surface area contributed by atoms with Crippen LogP contribution in [0.5, 0.6) is 0 Å². The van der Waals surface area contributed by atoms with Crippen LogP contribution in [0.15, 0.2) is 71.7 Å². The van der Waals surface area contributed by atoms with Gasteiger partial charge in [-0.2, -0.15) is 0 Å².